The molecule has 0 bridgehead atoms. The zero-order valence-corrected chi connectivity index (χ0v) is 13.2. The van der Waals surface area contributed by atoms with Crippen LogP contribution >= 0.6 is 0 Å². The Morgan fingerprint density at radius 1 is 1.09 bits per heavy atom. The van der Waals surface area contributed by atoms with Crippen molar-refractivity contribution in [1.82, 2.24) is 20.2 Å². The SMILES string of the molecule is O=C(N[C@@H]1CCCN(C2CCCCCC2)C1)c1cnccn1. The van der Waals surface area contributed by atoms with Crippen molar-refractivity contribution in [2.45, 2.75) is 63.5 Å². The molecule has 22 heavy (non-hydrogen) atoms. The van der Waals surface area contributed by atoms with E-state index in [1.165, 1.54) is 57.7 Å². The summed E-state index contributed by atoms with van der Waals surface area (Å²) in [6, 6.07) is 0.963. The van der Waals surface area contributed by atoms with Gasteiger partial charge in [-0.3, -0.25) is 14.7 Å². The number of amides is 1. The lowest BCUT2D eigenvalue weighted by atomic mass is 10.00. The third kappa shape index (κ3) is 4.03. The first-order valence-corrected chi connectivity index (χ1v) is 8.64. The van der Waals surface area contributed by atoms with E-state index in [0.717, 1.165) is 19.0 Å². The van der Waals surface area contributed by atoms with Crippen molar-refractivity contribution in [1.29, 1.82) is 0 Å². The minimum atomic E-state index is -0.0965. The van der Waals surface area contributed by atoms with Gasteiger partial charge in [0.2, 0.25) is 0 Å². The highest BCUT2D eigenvalue weighted by molar-refractivity contribution is 5.92. The first-order chi connectivity index (χ1) is 10.8. The highest BCUT2D eigenvalue weighted by Crippen LogP contribution is 2.24. The molecular formula is C17H26N4O. The minimum absolute atomic E-state index is 0.0965. The van der Waals surface area contributed by atoms with E-state index in [9.17, 15) is 4.79 Å². The number of nitrogens with one attached hydrogen (secondary N) is 1. The van der Waals surface area contributed by atoms with Gasteiger partial charge in [-0.05, 0) is 32.2 Å². The number of nitrogens with zero attached hydrogens (tertiary/aromatic N) is 3. The van der Waals surface area contributed by atoms with Crippen LogP contribution in [0.4, 0.5) is 0 Å². The van der Waals surface area contributed by atoms with Gasteiger partial charge in [0.25, 0.3) is 5.91 Å². The third-order valence-electron chi connectivity index (χ3n) is 4.92. The second kappa shape index (κ2) is 7.68. The molecule has 120 valence electrons. The van der Waals surface area contributed by atoms with Gasteiger partial charge in [-0.1, -0.05) is 25.7 Å². The average Bonchev–Trinajstić information content (AvgIpc) is 2.85. The summed E-state index contributed by atoms with van der Waals surface area (Å²) in [6.07, 6.45) is 15.1. The second-order valence-electron chi connectivity index (χ2n) is 6.54. The van der Waals surface area contributed by atoms with Gasteiger partial charge in [0.1, 0.15) is 5.69 Å². The standard InChI is InChI=1S/C17H26N4O/c22-17(16-12-18-9-10-19-16)20-14-6-5-11-21(13-14)15-7-3-1-2-4-8-15/h9-10,12,14-15H,1-8,11,13H2,(H,20,22)/t14-/m1/s1. The number of hydrogen-bond acceptors (Lipinski definition) is 4. The zero-order valence-electron chi connectivity index (χ0n) is 13.2. The maximum Gasteiger partial charge on any atom is 0.271 e. The van der Waals surface area contributed by atoms with Gasteiger partial charge in [-0.15, -0.1) is 0 Å². The van der Waals surface area contributed by atoms with Gasteiger partial charge in [-0.25, -0.2) is 4.98 Å². The number of hydrogen-bond donors (Lipinski definition) is 1. The lowest BCUT2D eigenvalue weighted by Crippen LogP contribution is -2.51. The summed E-state index contributed by atoms with van der Waals surface area (Å²) in [7, 11) is 0. The molecule has 2 heterocycles. The van der Waals surface area contributed by atoms with Crippen LogP contribution in [-0.2, 0) is 0 Å². The van der Waals surface area contributed by atoms with Crippen molar-refractivity contribution in [2.24, 2.45) is 0 Å². The average molecular weight is 302 g/mol. The molecule has 0 radical (unpaired) electrons. The first kappa shape index (κ1) is 15.4. The molecule has 1 aliphatic heterocycles. The quantitative estimate of drug-likeness (QED) is 0.871. The molecule has 1 aromatic rings. The van der Waals surface area contributed by atoms with Gasteiger partial charge < -0.3 is 5.32 Å². The maximum atomic E-state index is 12.2. The Hall–Kier alpha value is -1.49. The molecule has 2 aliphatic rings. The van der Waals surface area contributed by atoms with Gasteiger partial charge in [-0.2, -0.15) is 0 Å². The van der Waals surface area contributed by atoms with Crippen molar-refractivity contribution >= 4 is 5.91 Å². The van der Waals surface area contributed by atoms with Crippen molar-refractivity contribution in [3.8, 4) is 0 Å². The Kier molecular flexibility index (Phi) is 5.38. The van der Waals surface area contributed by atoms with Crippen LogP contribution in [0.2, 0.25) is 0 Å². The van der Waals surface area contributed by atoms with E-state index < -0.39 is 0 Å². The van der Waals surface area contributed by atoms with Gasteiger partial charge in [0.05, 0.1) is 6.20 Å². The summed E-state index contributed by atoms with van der Waals surface area (Å²) in [5.74, 6) is -0.0965. The monoisotopic (exact) mass is 302 g/mol. The zero-order chi connectivity index (χ0) is 15.2. The molecule has 1 N–H and O–H groups in total. The number of aromatic nitrogens is 2. The molecule has 1 aromatic heterocycles. The van der Waals surface area contributed by atoms with E-state index in [2.05, 4.69) is 20.2 Å². The molecule has 0 aromatic carbocycles. The molecule has 1 saturated heterocycles. The number of piperidine rings is 1. The molecule has 2 fully saturated rings. The lowest BCUT2D eigenvalue weighted by molar-refractivity contribution is 0.0855. The molecular weight excluding hydrogens is 276 g/mol. The fraction of sp³-hybridized carbons (Fsp3) is 0.706. The van der Waals surface area contributed by atoms with Gasteiger partial charge in [0, 0.05) is 31.0 Å². The Bertz CT molecular complexity index is 471. The van der Waals surface area contributed by atoms with Crippen LogP contribution in [0.3, 0.4) is 0 Å². The first-order valence-electron chi connectivity index (χ1n) is 8.64. The maximum absolute atomic E-state index is 12.2. The van der Waals surface area contributed by atoms with E-state index in [0.29, 0.717) is 5.69 Å². The molecule has 0 spiro atoms. The van der Waals surface area contributed by atoms with E-state index >= 15 is 0 Å². The van der Waals surface area contributed by atoms with Gasteiger partial charge >= 0.3 is 0 Å². The van der Waals surface area contributed by atoms with Gasteiger partial charge in [0.15, 0.2) is 0 Å². The van der Waals surface area contributed by atoms with Crippen LogP contribution < -0.4 is 5.32 Å². The molecule has 1 atom stereocenters. The Balaban J connectivity index is 1.55. The smallest absolute Gasteiger partial charge is 0.271 e. The van der Waals surface area contributed by atoms with Crippen molar-refractivity contribution in [3.05, 3.63) is 24.3 Å². The van der Waals surface area contributed by atoms with E-state index in [1.807, 2.05) is 0 Å². The molecule has 1 aliphatic carbocycles. The topological polar surface area (TPSA) is 58.1 Å². The summed E-state index contributed by atoms with van der Waals surface area (Å²) in [4.78, 5) is 22.9. The highest BCUT2D eigenvalue weighted by atomic mass is 16.1. The molecule has 1 saturated carbocycles. The summed E-state index contributed by atoms with van der Waals surface area (Å²) in [5, 5.41) is 3.14. The van der Waals surface area contributed by atoms with Crippen LogP contribution in [0.25, 0.3) is 0 Å². The molecule has 1 amide bonds. The van der Waals surface area contributed by atoms with Crippen LogP contribution in [0.5, 0.6) is 0 Å². The Morgan fingerprint density at radius 2 is 1.91 bits per heavy atom. The summed E-state index contributed by atoms with van der Waals surface area (Å²) < 4.78 is 0. The van der Waals surface area contributed by atoms with E-state index in [-0.39, 0.29) is 11.9 Å². The Labute approximate surface area is 132 Å². The normalized spacial score (nSPS) is 24.6. The highest BCUT2D eigenvalue weighted by Gasteiger charge is 2.27. The lowest BCUT2D eigenvalue weighted by Gasteiger charge is -2.38. The Morgan fingerprint density at radius 3 is 2.64 bits per heavy atom. The summed E-state index contributed by atoms with van der Waals surface area (Å²) >= 11 is 0. The fourth-order valence-corrected chi connectivity index (χ4v) is 3.75. The molecule has 5 nitrogen and oxygen atoms in total. The van der Waals surface area contributed by atoms with Crippen LogP contribution in [-0.4, -0.2) is 45.9 Å². The number of rotatable bonds is 3. The number of carbonyl (C=O) groups is 1. The van der Waals surface area contributed by atoms with Crippen molar-refractivity contribution < 1.29 is 4.79 Å². The van der Waals surface area contributed by atoms with E-state index in [4.69, 9.17) is 0 Å². The predicted molar refractivity (Wildman–Crippen MR) is 85.6 cm³/mol. The van der Waals surface area contributed by atoms with Crippen LogP contribution in [0.1, 0.15) is 61.9 Å². The summed E-state index contributed by atoms with van der Waals surface area (Å²) in [5.41, 5.74) is 0.411. The molecule has 5 heteroatoms. The van der Waals surface area contributed by atoms with Crippen molar-refractivity contribution in [3.63, 3.8) is 0 Å². The fourth-order valence-electron chi connectivity index (χ4n) is 3.75. The van der Waals surface area contributed by atoms with Crippen LogP contribution in [0.15, 0.2) is 18.6 Å². The van der Waals surface area contributed by atoms with Crippen LogP contribution in [0, 0.1) is 0 Å². The third-order valence-corrected chi connectivity index (χ3v) is 4.92. The minimum Gasteiger partial charge on any atom is -0.347 e. The molecule has 0 unspecified atom stereocenters. The molecule has 3 rings (SSSR count). The van der Waals surface area contributed by atoms with Crippen molar-refractivity contribution in [2.75, 3.05) is 13.1 Å². The summed E-state index contributed by atoms with van der Waals surface area (Å²) in [6.45, 7) is 2.17. The van der Waals surface area contributed by atoms with E-state index in [1.54, 1.807) is 12.4 Å². The number of carbonyl (C=O) groups excluding carboxylic acids is 1. The predicted octanol–water partition coefficient (Wildman–Crippen LogP) is 2.39. The second-order valence-corrected chi connectivity index (χ2v) is 6.54. The largest absolute Gasteiger partial charge is 0.347 e. The number of likely N-dealkylation sites (tertiary alicyclic amines) is 1.